The Morgan fingerprint density at radius 2 is 2.24 bits per heavy atom. The number of nitrogens with one attached hydrogen (secondary N) is 1. The summed E-state index contributed by atoms with van der Waals surface area (Å²) in [4.78, 5) is 14.6. The van der Waals surface area contributed by atoms with Crippen LogP contribution < -0.4 is 11.1 Å². The van der Waals surface area contributed by atoms with Gasteiger partial charge in [0.1, 0.15) is 0 Å². The van der Waals surface area contributed by atoms with Crippen LogP contribution in [0.3, 0.4) is 0 Å². The van der Waals surface area contributed by atoms with Gasteiger partial charge in [-0.25, -0.2) is 0 Å². The third-order valence-corrected chi connectivity index (χ3v) is 4.04. The number of nitrogens with two attached hydrogens (primary N) is 1. The predicted molar refractivity (Wildman–Crippen MR) is 85.5 cm³/mol. The summed E-state index contributed by atoms with van der Waals surface area (Å²) in [5.74, 6) is -0.0927. The van der Waals surface area contributed by atoms with E-state index < -0.39 is 0 Å². The molecule has 0 bridgehead atoms. The van der Waals surface area contributed by atoms with Crippen molar-refractivity contribution < 1.29 is 9.53 Å². The highest BCUT2D eigenvalue weighted by Gasteiger charge is 2.31. The molecule has 0 aromatic heterocycles. The van der Waals surface area contributed by atoms with E-state index in [0.717, 1.165) is 6.54 Å². The number of anilines is 2. The fourth-order valence-electron chi connectivity index (χ4n) is 2.49. The van der Waals surface area contributed by atoms with Crippen LogP contribution >= 0.6 is 11.6 Å². The normalized spacial score (nSPS) is 24.6. The number of nitrogens with zero attached hydrogens (tertiary/aromatic N) is 1. The minimum absolute atomic E-state index is 0.0927. The second-order valence-corrected chi connectivity index (χ2v) is 6.02. The van der Waals surface area contributed by atoms with Gasteiger partial charge in [0.05, 0.1) is 30.1 Å². The monoisotopic (exact) mass is 311 g/mol. The molecule has 2 rings (SSSR count). The van der Waals surface area contributed by atoms with Gasteiger partial charge in [0.25, 0.3) is 0 Å². The molecule has 5 nitrogen and oxygen atoms in total. The first kappa shape index (κ1) is 16.1. The van der Waals surface area contributed by atoms with Crippen molar-refractivity contribution in [2.75, 3.05) is 24.2 Å². The Kier molecular flexibility index (Phi) is 5.08. The van der Waals surface area contributed by atoms with E-state index in [0.29, 0.717) is 23.0 Å². The molecule has 1 fully saturated rings. The molecule has 116 valence electrons. The first-order valence-electron chi connectivity index (χ1n) is 7.11. The van der Waals surface area contributed by atoms with Gasteiger partial charge in [-0.1, -0.05) is 11.6 Å². The summed E-state index contributed by atoms with van der Waals surface area (Å²) in [6.07, 6.45) is 0.132. The lowest BCUT2D eigenvalue weighted by Crippen LogP contribution is -2.54. The number of carbonyl (C=O) groups excluding carboxylic acids is 1. The summed E-state index contributed by atoms with van der Waals surface area (Å²) < 4.78 is 5.59. The van der Waals surface area contributed by atoms with Gasteiger partial charge in [-0.05, 0) is 39.0 Å². The number of hydrogen-bond acceptors (Lipinski definition) is 4. The van der Waals surface area contributed by atoms with E-state index in [1.165, 1.54) is 0 Å². The van der Waals surface area contributed by atoms with Gasteiger partial charge in [0.2, 0.25) is 5.91 Å². The smallest absolute Gasteiger partial charge is 0.241 e. The van der Waals surface area contributed by atoms with Crippen LogP contribution in [0.25, 0.3) is 0 Å². The number of rotatable bonds is 3. The largest absolute Gasteiger partial charge is 0.397 e. The average molecular weight is 312 g/mol. The summed E-state index contributed by atoms with van der Waals surface area (Å²) in [7, 11) is 0. The Morgan fingerprint density at radius 3 is 2.95 bits per heavy atom. The summed E-state index contributed by atoms with van der Waals surface area (Å²) in [5.41, 5.74) is 6.91. The Hall–Kier alpha value is -1.30. The fourth-order valence-corrected chi connectivity index (χ4v) is 2.67. The molecule has 3 atom stereocenters. The SMILES string of the molecule is CC1CN(C(C)C(=O)Nc2cc(Cl)ccc2N)C(C)CO1. The van der Waals surface area contributed by atoms with Crippen molar-refractivity contribution in [3.8, 4) is 0 Å². The number of benzene rings is 1. The fraction of sp³-hybridized carbons (Fsp3) is 0.533. The third kappa shape index (κ3) is 3.87. The van der Waals surface area contributed by atoms with Crippen molar-refractivity contribution in [2.24, 2.45) is 0 Å². The molecule has 21 heavy (non-hydrogen) atoms. The Labute approximate surface area is 130 Å². The van der Waals surface area contributed by atoms with E-state index >= 15 is 0 Å². The molecule has 1 aromatic carbocycles. The number of morpholine rings is 1. The molecule has 0 aliphatic carbocycles. The van der Waals surface area contributed by atoms with Crippen LogP contribution in [0, 0.1) is 0 Å². The lowest BCUT2D eigenvalue weighted by molar-refractivity contribution is -0.126. The summed E-state index contributed by atoms with van der Waals surface area (Å²) in [6, 6.07) is 4.99. The number of ether oxygens (including phenoxy) is 1. The lowest BCUT2D eigenvalue weighted by atomic mass is 10.1. The topological polar surface area (TPSA) is 67.6 Å². The molecular weight excluding hydrogens is 290 g/mol. The molecule has 0 saturated carbocycles. The Bertz CT molecular complexity index is 524. The lowest BCUT2D eigenvalue weighted by Gasteiger charge is -2.39. The van der Waals surface area contributed by atoms with Gasteiger partial charge in [0.15, 0.2) is 0 Å². The van der Waals surface area contributed by atoms with Gasteiger partial charge in [0, 0.05) is 17.6 Å². The second-order valence-electron chi connectivity index (χ2n) is 5.59. The van der Waals surface area contributed by atoms with E-state index in [1.54, 1.807) is 18.2 Å². The van der Waals surface area contributed by atoms with Gasteiger partial charge in [-0.2, -0.15) is 0 Å². The molecule has 1 saturated heterocycles. The third-order valence-electron chi connectivity index (χ3n) is 3.81. The summed E-state index contributed by atoms with van der Waals surface area (Å²) in [6.45, 7) is 7.34. The molecule has 1 aliphatic rings. The molecule has 1 aromatic rings. The first-order chi connectivity index (χ1) is 9.88. The van der Waals surface area contributed by atoms with Crippen LogP contribution in [0.15, 0.2) is 18.2 Å². The first-order valence-corrected chi connectivity index (χ1v) is 7.49. The van der Waals surface area contributed by atoms with Crippen LogP contribution in [0.4, 0.5) is 11.4 Å². The van der Waals surface area contributed by atoms with E-state index in [2.05, 4.69) is 17.1 Å². The summed E-state index contributed by atoms with van der Waals surface area (Å²) in [5, 5.41) is 3.39. The quantitative estimate of drug-likeness (QED) is 0.841. The van der Waals surface area contributed by atoms with Crippen molar-refractivity contribution in [1.82, 2.24) is 4.90 Å². The van der Waals surface area contributed by atoms with Crippen LogP contribution in [0.5, 0.6) is 0 Å². The van der Waals surface area contributed by atoms with Crippen molar-refractivity contribution in [1.29, 1.82) is 0 Å². The minimum Gasteiger partial charge on any atom is -0.397 e. The average Bonchev–Trinajstić information content (AvgIpc) is 2.44. The van der Waals surface area contributed by atoms with Crippen molar-refractivity contribution in [3.63, 3.8) is 0 Å². The number of amides is 1. The zero-order valence-corrected chi connectivity index (χ0v) is 13.4. The molecule has 6 heteroatoms. The van der Waals surface area contributed by atoms with E-state index in [9.17, 15) is 4.79 Å². The standard InChI is InChI=1S/C15H22ClN3O2/c1-9-8-21-10(2)7-19(9)11(3)15(20)18-14-6-12(16)4-5-13(14)17/h4-6,9-11H,7-8,17H2,1-3H3,(H,18,20). The van der Waals surface area contributed by atoms with Crippen molar-refractivity contribution in [2.45, 2.75) is 39.0 Å². The second kappa shape index (κ2) is 6.64. The molecule has 3 N–H and O–H groups in total. The van der Waals surface area contributed by atoms with E-state index in [1.807, 2.05) is 13.8 Å². The number of hydrogen-bond donors (Lipinski definition) is 2. The van der Waals surface area contributed by atoms with Crippen molar-refractivity contribution in [3.05, 3.63) is 23.2 Å². The zero-order valence-electron chi connectivity index (χ0n) is 12.6. The van der Waals surface area contributed by atoms with E-state index in [4.69, 9.17) is 22.1 Å². The maximum absolute atomic E-state index is 12.4. The molecule has 1 amide bonds. The number of halogens is 1. The van der Waals surface area contributed by atoms with Crippen molar-refractivity contribution >= 4 is 28.9 Å². The van der Waals surface area contributed by atoms with Gasteiger partial charge < -0.3 is 15.8 Å². The Morgan fingerprint density at radius 1 is 1.52 bits per heavy atom. The van der Waals surface area contributed by atoms with Crippen LogP contribution in [-0.2, 0) is 9.53 Å². The molecule has 3 unspecified atom stereocenters. The number of nitrogen functional groups attached to an aromatic ring is 1. The Balaban J connectivity index is 2.06. The number of carbonyl (C=O) groups is 1. The molecular formula is C15H22ClN3O2. The minimum atomic E-state index is -0.260. The molecule has 1 aliphatic heterocycles. The molecule has 0 radical (unpaired) electrons. The maximum Gasteiger partial charge on any atom is 0.241 e. The van der Waals surface area contributed by atoms with Crippen LogP contribution in [0.2, 0.25) is 5.02 Å². The highest BCUT2D eigenvalue weighted by atomic mass is 35.5. The van der Waals surface area contributed by atoms with Gasteiger partial charge >= 0.3 is 0 Å². The highest BCUT2D eigenvalue weighted by molar-refractivity contribution is 6.31. The molecule has 0 spiro atoms. The summed E-state index contributed by atoms with van der Waals surface area (Å²) >= 11 is 5.94. The highest BCUT2D eigenvalue weighted by Crippen LogP contribution is 2.24. The van der Waals surface area contributed by atoms with Gasteiger partial charge in [-0.15, -0.1) is 0 Å². The van der Waals surface area contributed by atoms with E-state index in [-0.39, 0.29) is 24.1 Å². The molecule has 1 heterocycles. The zero-order chi connectivity index (χ0) is 15.6. The van der Waals surface area contributed by atoms with Crippen LogP contribution in [-0.4, -0.2) is 42.1 Å². The van der Waals surface area contributed by atoms with Gasteiger partial charge in [-0.3, -0.25) is 9.69 Å². The van der Waals surface area contributed by atoms with Crippen LogP contribution in [0.1, 0.15) is 20.8 Å². The predicted octanol–water partition coefficient (Wildman–Crippen LogP) is 2.36. The maximum atomic E-state index is 12.4.